The van der Waals surface area contributed by atoms with Crippen molar-refractivity contribution >= 4 is 5.91 Å². The minimum absolute atomic E-state index is 0.0203. The number of hydrogen-bond donors (Lipinski definition) is 0. The summed E-state index contributed by atoms with van der Waals surface area (Å²) in [5, 5.41) is 0. The number of carbonyl (C=O) groups excluding carboxylic acids is 1. The van der Waals surface area contributed by atoms with Crippen molar-refractivity contribution in [3.05, 3.63) is 54.1 Å². The number of amides is 1. The van der Waals surface area contributed by atoms with Gasteiger partial charge in [-0.1, -0.05) is 24.3 Å². The zero-order valence-electron chi connectivity index (χ0n) is 17.3. The van der Waals surface area contributed by atoms with Crippen LogP contribution >= 0.6 is 0 Å². The molecule has 6 nitrogen and oxygen atoms in total. The highest BCUT2D eigenvalue weighted by molar-refractivity contribution is 5.78. The highest BCUT2D eigenvalue weighted by Crippen LogP contribution is 2.25. The second-order valence-electron chi connectivity index (χ2n) is 7.12. The van der Waals surface area contributed by atoms with Gasteiger partial charge < -0.3 is 19.1 Å². The molecule has 0 saturated carbocycles. The van der Waals surface area contributed by atoms with Crippen LogP contribution in [0.4, 0.5) is 0 Å². The van der Waals surface area contributed by atoms with Gasteiger partial charge in [0.05, 0.1) is 14.2 Å². The fourth-order valence-electron chi connectivity index (χ4n) is 3.52. The van der Waals surface area contributed by atoms with Gasteiger partial charge in [0.1, 0.15) is 5.75 Å². The summed E-state index contributed by atoms with van der Waals surface area (Å²) in [6, 6.07) is 15.6. The van der Waals surface area contributed by atoms with Crippen molar-refractivity contribution in [3.8, 4) is 17.2 Å². The van der Waals surface area contributed by atoms with E-state index >= 15 is 0 Å². The topological polar surface area (TPSA) is 51.2 Å². The zero-order valence-corrected chi connectivity index (χ0v) is 17.3. The predicted molar refractivity (Wildman–Crippen MR) is 113 cm³/mol. The highest BCUT2D eigenvalue weighted by atomic mass is 16.5. The Labute approximate surface area is 173 Å². The van der Waals surface area contributed by atoms with Gasteiger partial charge in [-0.05, 0) is 49.2 Å². The van der Waals surface area contributed by atoms with Gasteiger partial charge in [0.2, 0.25) is 0 Å². The summed E-state index contributed by atoms with van der Waals surface area (Å²) in [6.45, 7) is 4.37. The second kappa shape index (κ2) is 10.7. The molecule has 3 rings (SSSR count). The molecule has 0 aliphatic carbocycles. The van der Waals surface area contributed by atoms with E-state index in [1.165, 1.54) is 5.56 Å². The molecule has 0 spiro atoms. The lowest BCUT2D eigenvalue weighted by Gasteiger charge is -2.34. The number of aryl methyl sites for hydroxylation is 1. The molecule has 0 N–H and O–H groups in total. The van der Waals surface area contributed by atoms with Crippen LogP contribution in [0, 0.1) is 0 Å². The maximum atomic E-state index is 12.5. The summed E-state index contributed by atoms with van der Waals surface area (Å²) in [5.74, 6) is 2.16. The summed E-state index contributed by atoms with van der Waals surface area (Å²) in [6.07, 6.45) is 2.13. The van der Waals surface area contributed by atoms with E-state index in [0.717, 1.165) is 51.3 Å². The van der Waals surface area contributed by atoms with E-state index < -0.39 is 0 Å². The van der Waals surface area contributed by atoms with Gasteiger partial charge in [0.25, 0.3) is 5.91 Å². The molecule has 0 unspecified atom stereocenters. The lowest BCUT2D eigenvalue weighted by molar-refractivity contribution is -0.135. The molecular weight excluding hydrogens is 368 g/mol. The molecule has 2 aromatic carbocycles. The van der Waals surface area contributed by atoms with Crippen molar-refractivity contribution in [2.45, 2.75) is 12.8 Å². The lowest BCUT2D eigenvalue weighted by atomic mass is 10.1. The van der Waals surface area contributed by atoms with Gasteiger partial charge in [0, 0.05) is 26.2 Å². The fourth-order valence-corrected chi connectivity index (χ4v) is 3.52. The Balaban J connectivity index is 1.36. The number of benzene rings is 2. The van der Waals surface area contributed by atoms with Crippen LogP contribution in [0.15, 0.2) is 48.5 Å². The van der Waals surface area contributed by atoms with Crippen LogP contribution in [0.5, 0.6) is 17.2 Å². The monoisotopic (exact) mass is 398 g/mol. The Morgan fingerprint density at radius 3 is 2.41 bits per heavy atom. The first-order valence-electron chi connectivity index (χ1n) is 10.1. The minimum atomic E-state index is 0.0203. The van der Waals surface area contributed by atoms with Crippen LogP contribution < -0.4 is 14.2 Å². The van der Waals surface area contributed by atoms with Gasteiger partial charge in [0.15, 0.2) is 18.1 Å². The van der Waals surface area contributed by atoms with Crippen LogP contribution in [0.2, 0.25) is 0 Å². The van der Waals surface area contributed by atoms with Gasteiger partial charge in [-0.25, -0.2) is 0 Å². The van der Waals surface area contributed by atoms with Gasteiger partial charge in [-0.2, -0.15) is 0 Å². The summed E-state index contributed by atoms with van der Waals surface area (Å²) in [7, 11) is 3.29. The molecule has 2 aromatic rings. The number of rotatable bonds is 9. The maximum absolute atomic E-state index is 12.5. The van der Waals surface area contributed by atoms with Crippen molar-refractivity contribution in [1.82, 2.24) is 9.80 Å². The maximum Gasteiger partial charge on any atom is 0.260 e. The number of methoxy groups -OCH3 is 2. The number of hydrogen-bond acceptors (Lipinski definition) is 5. The van der Waals surface area contributed by atoms with Crippen LogP contribution in [0.3, 0.4) is 0 Å². The van der Waals surface area contributed by atoms with Crippen LogP contribution in [-0.4, -0.2) is 69.3 Å². The highest BCUT2D eigenvalue weighted by Gasteiger charge is 2.21. The van der Waals surface area contributed by atoms with Crippen molar-refractivity contribution in [2.75, 3.05) is 53.6 Å². The van der Waals surface area contributed by atoms with Gasteiger partial charge in [-0.3, -0.25) is 9.69 Å². The van der Waals surface area contributed by atoms with E-state index in [1.54, 1.807) is 14.2 Å². The van der Waals surface area contributed by atoms with E-state index in [1.807, 2.05) is 41.3 Å². The van der Waals surface area contributed by atoms with Crippen molar-refractivity contribution < 1.29 is 19.0 Å². The number of para-hydroxylation sites is 2. The number of carbonyl (C=O) groups is 1. The Morgan fingerprint density at radius 2 is 1.69 bits per heavy atom. The van der Waals surface area contributed by atoms with E-state index in [9.17, 15) is 4.79 Å². The molecule has 1 fully saturated rings. The Kier molecular flexibility index (Phi) is 7.76. The van der Waals surface area contributed by atoms with Crippen molar-refractivity contribution in [1.29, 1.82) is 0 Å². The summed E-state index contributed by atoms with van der Waals surface area (Å²) in [5.41, 5.74) is 1.30. The summed E-state index contributed by atoms with van der Waals surface area (Å²) < 4.78 is 16.2. The number of piperazine rings is 1. The molecule has 156 valence electrons. The fraction of sp³-hybridized carbons (Fsp3) is 0.435. The molecule has 1 aliphatic heterocycles. The van der Waals surface area contributed by atoms with E-state index in [4.69, 9.17) is 14.2 Å². The third-order valence-electron chi connectivity index (χ3n) is 5.22. The van der Waals surface area contributed by atoms with Crippen LogP contribution in [0.1, 0.15) is 12.0 Å². The van der Waals surface area contributed by atoms with E-state index in [0.29, 0.717) is 11.5 Å². The summed E-state index contributed by atoms with van der Waals surface area (Å²) in [4.78, 5) is 16.8. The normalized spacial score (nSPS) is 14.5. The summed E-state index contributed by atoms with van der Waals surface area (Å²) >= 11 is 0. The van der Waals surface area contributed by atoms with Crippen LogP contribution in [0.25, 0.3) is 0 Å². The quantitative estimate of drug-likeness (QED) is 0.650. The largest absolute Gasteiger partial charge is 0.497 e. The molecule has 1 aliphatic rings. The SMILES string of the molecule is COc1cccc(CCCN2CCN(C(=O)COc3ccccc3OC)CC2)c1. The molecule has 0 aromatic heterocycles. The Hall–Kier alpha value is -2.73. The smallest absolute Gasteiger partial charge is 0.260 e. The molecule has 0 bridgehead atoms. The van der Waals surface area contributed by atoms with Crippen molar-refractivity contribution in [2.24, 2.45) is 0 Å². The van der Waals surface area contributed by atoms with E-state index in [2.05, 4.69) is 17.0 Å². The Bertz CT molecular complexity index is 788. The standard InChI is InChI=1S/C23H30N2O4/c1-27-20-9-5-7-19(17-20)8-6-12-24-13-15-25(16-14-24)23(26)18-29-22-11-4-3-10-21(22)28-2/h3-5,7,9-11,17H,6,8,12-16,18H2,1-2H3. The average Bonchev–Trinajstić information content (AvgIpc) is 2.78. The predicted octanol–water partition coefficient (Wildman–Crippen LogP) is 2.86. The molecule has 0 radical (unpaired) electrons. The van der Waals surface area contributed by atoms with Crippen molar-refractivity contribution in [3.63, 3.8) is 0 Å². The number of ether oxygens (including phenoxy) is 3. The molecular formula is C23H30N2O4. The molecule has 1 amide bonds. The molecule has 0 atom stereocenters. The van der Waals surface area contributed by atoms with Gasteiger partial charge >= 0.3 is 0 Å². The lowest BCUT2D eigenvalue weighted by Crippen LogP contribution is -2.50. The Morgan fingerprint density at radius 1 is 0.931 bits per heavy atom. The minimum Gasteiger partial charge on any atom is -0.497 e. The first-order chi connectivity index (χ1) is 14.2. The third-order valence-corrected chi connectivity index (χ3v) is 5.22. The second-order valence-corrected chi connectivity index (χ2v) is 7.12. The third kappa shape index (κ3) is 6.12. The molecule has 6 heteroatoms. The number of nitrogens with zero attached hydrogens (tertiary/aromatic N) is 2. The van der Waals surface area contributed by atoms with Gasteiger partial charge in [-0.15, -0.1) is 0 Å². The van der Waals surface area contributed by atoms with Crippen LogP contribution in [-0.2, 0) is 11.2 Å². The molecule has 1 heterocycles. The van der Waals surface area contributed by atoms with E-state index in [-0.39, 0.29) is 12.5 Å². The molecule has 1 saturated heterocycles. The first-order valence-corrected chi connectivity index (χ1v) is 10.1. The average molecular weight is 399 g/mol. The zero-order chi connectivity index (χ0) is 20.5. The first kappa shape index (κ1) is 21.0. The molecule has 29 heavy (non-hydrogen) atoms.